The van der Waals surface area contributed by atoms with Crippen LogP contribution in [-0.2, 0) is 39.0 Å². The number of methoxy groups -OCH3 is 1. The van der Waals surface area contributed by atoms with Crippen LogP contribution in [0.4, 0.5) is 5.69 Å². The fourth-order valence-electron chi connectivity index (χ4n) is 4.38. The third-order valence-corrected chi connectivity index (χ3v) is 7.83. The second kappa shape index (κ2) is 11.6. The second-order valence-corrected chi connectivity index (χ2v) is 10.6. The number of carbonyl (C=O) groups excluding carboxylic acids is 2. The summed E-state index contributed by atoms with van der Waals surface area (Å²) in [6, 6.07) is 20.3. The standard InChI is InChI=1S/C28H31N3O5S/c1-3-27(32)31-15-14-22-18-24(12-13-26(22)31)37(34,35)30-25(17-20-8-5-4-6-9-20)28(33)29-19-21-10-7-11-23(16-21)36-2/h4-13,16,18,25,30H,3,14-15,17,19H2,1-2H3,(H,29,33)/t25-/m0/s1. The van der Waals surface area contributed by atoms with Crippen LogP contribution >= 0.6 is 0 Å². The van der Waals surface area contributed by atoms with E-state index in [4.69, 9.17) is 4.74 Å². The van der Waals surface area contributed by atoms with Gasteiger partial charge in [-0.3, -0.25) is 9.59 Å². The molecule has 37 heavy (non-hydrogen) atoms. The van der Waals surface area contributed by atoms with Crippen LogP contribution in [0.25, 0.3) is 0 Å². The molecule has 0 bridgehead atoms. The molecule has 9 heteroatoms. The number of anilines is 1. The molecule has 0 spiro atoms. The number of hydrogen-bond acceptors (Lipinski definition) is 5. The van der Waals surface area contributed by atoms with Gasteiger partial charge in [-0.15, -0.1) is 0 Å². The zero-order valence-electron chi connectivity index (χ0n) is 20.9. The lowest BCUT2D eigenvalue weighted by Crippen LogP contribution is -2.47. The van der Waals surface area contributed by atoms with Gasteiger partial charge in [-0.2, -0.15) is 4.72 Å². The Morgan fingerprint density at radius 3 is 2.49 bits per heavy atom. The van der Waals surface area contributed by atoms with E-state index >= 15 is 0 Å². The molecule has 2 amide bonds. The van der Waals surface area contributed by atoms with Gasteiger partial charge in [0, 0.05) is 25.2 Å². The molecule has 0 saturated carbocycles. The SMILES string of the molecule is CCC(=O)N1CCc2cc(S(=O)(=O)N[C@@H](Cc3ccccc3)C(=O)NCc3cccc(OC)c3)ccc21. The predicted octanol–water partition coefficient (Wildman–Crippen LogP) is 3.20. The van der Waals surface area contributed by atoms with Crippen LogP contribution in [0.1, 0.15) is 30.0 Å². The Morgan fingerprint density at radius 1 is 1.00 bits per heavy atom. The molecule has 0 saturated heterocycles. The molecular weight excluding hydrogens is 490 g/mol. The molecule has 194 valence electrons. The minimum absolute atomic E-state index is 0.00288. The summed E-state index contributed by atoms with van der Waals surface area (Å²) in [7, 11) is -2.45. The van der Waals surface area contributed by atoms with E-state index < -0.39 is 22.0 Å². The van der Waals surface area contributed by atoms with Gasteiger partial charge in [0.1, 0.15) is 11.8 Å². The van der Waals surface area contributed by atoms with E-state index in [9.17, 15) is 18.0 Å². The first-order valence-electron chi connectivity index (χ1n) is 12.2. The van der Waals surface area contributed by atoms with E-state index in [1.54, 1.807) is 31.1 Å². The quantitative estimate of drug-likeness (QED) is 0.426. The molecule has 0 fully saturated rings. The van der Waals surface area contributed by atoms with Crippen molar-refractivity contribution in [3.05, 3.63) is 89.5 Å². The minimum Gasteiger partial charge on any atom is -0.497 e. The monoisotopic (exact) mass is 521 g/mol. The lowest BCUT2D eigenvalue weighted by Gasteiger charge is -2.20. The highest BCUT2D eigenvalue weighted by molar-refractivity contribution is 7.89. The van der Waals surface area contributed by atoms with Gasteiger partial charge in [0.25, 0.3) is 0 Å². The second-order valence-electron chi connectivity index (χ2n) is 8.87. The van der Waals surface area contributed by atoms with E-state index in [0.29, 0.717) is 25.1 Å². The summed E-state index contributed by atoms with van der Waals surface area (Å²) in [4.78, 5) is 27.2. The van der Waals surface area contributed by atoms with E-state index in [1.165, 1.54) is 6.07 Å². The first-order valence-corrected chi connectivity index (χ1v) is 13.7. The first-order chi connectivity index (χ1) is 17.8. The predicted molar refractivity (Wildman–Crippen MR) is 142 cm³/mol. The van der Waals surface area contributed by atoms with E-state index in [-0.39, 0.29) is 23.8 Å². The summed E-state index contributed by atoms with van der Waals surface area (Å²) < 4.78 is 34.6. The Hall–Kier alpha value is -3.69. The van der Waals surface area contributed by atoms with Gasteiger partial charge in [-0.05, 0) is 59.9 Å². The number of ether oxygens (including phenoxy) is 1. The maximum Gasteiger partial charge on any atom is 0.241 e. The van der Waals surface area contributed by atoms with E-state index in [2.05, 4.69) is 10.0 Å². The molecule has 1 heterocycles. The molecule has 1 atom stereocenters. The lowest BCUT2D eigenvalue weighted by atomic mass is 10.1. The summed E-state index contributed by atoms with van der Waals surface area (Å²) in [6.07, 6.45) is 1.15. The van der Waals surface area contributed by atoms with Crippen molar-refractivity contribution in [3.63, 3.8) is 0 Å². The molecule has 2 N–H and O–H groups in total. The Balaban J connectivity index is 1.54. The van der Waals surface area contributed by atoms with Gasteiger partial charge in [0.15, 0.2) is 0 Å². The van der Waals surface area contributed by atoms with Gasteiger partial charge in [-0.1, -0.05) is 49.4 Å². The normalized spacial score (nSPS) is 13.6. The van der Waals surface area contributed by atoms with Gasteiger partial charge < -0.3 is 15.0 Å². The zero-order valence-corrected chi connectivity index (χ0v) is 21.8. The molecule has 1 aliphatic rings. The van der Waals surface area contributed by atoms with Crippen molar-refractivity contribution < 1.29 is 22.7 Å². The summed E-state index contributed by atoms with van der Waals surface area (Å²) in [5, 5.41) is 2.85. The highest BCUT2D eigenvalue weighted by Crippen LogP contribution is 2.30. The van der Waals surface area contributed by atoms with E-state index in [0.717, 1.165) is 22.4 Å². The van der Waals surface area contributed by atoms with Crippen LogP contribution in [0.2, 0.25) is 0 Å². The van der Waals surface area contributed by atoms with Gasteiger partial charge in [0.2, 0.25) is 21.8 Å². The Labute approximate surface area is 217 Å². The Morgan fingerprint density at radius 2 is 1.76 bits per heavy atom. The third kappa shape index (κ3) is 6.36. The molecule has 8 nitrogen and oxygen atoms in total. The van der Waals surface area contributed by atoms with Crippen molar-refractivity contribution in [2.24, 2.45) is 0 Å². The topological polar surface area (TPSA) is 105 Å². The summed E-state index contributed by atoms with van der Waals surface area (Å²) in [5.41, 5.74) is 3.20. The van der Waals surface area contributed by atoms with Gasteiger partial charge in [0.05, 0.1) is 12.0 Å². The molecule has 3 aromatic carbocycles. The minimum atomic E-state index is -4.02. The summed E-state index contributed by atoms with van der Waals surface area (Å²) >= 11 is 0. The Kier molecular flexibility index (Phi) is 8.25. The molecule has 0 aliphatic carbocycles. The van der Waals surface area contributed by atoms with Crippen LogP contribution in [0, 0.1) is 0 Å². The highest BCUT2D eigenvalue weighted by atomic mass is 32.2. The fraction of sp³-hybridized carbons (Fsp3) is 0.286. The zero-order chi connectivity index (χ0) is 26.4. The molecule has 4 rings (SSSR count). The number of benzene rings is 3. The number of rotatable bonds is 10. The molecule has 1 aliphatic heterocycles. The van der Waals surface area contributed by atoms with Crippen molar-refractivity contribution in [1.29, 1.82) is 0 Å². The number of sulfonamides is 1. The molecule has 3 aromatic rings. The van der Waals surface area contributed by atoms with Crippen molar-refractivity contribution in [2.75, 3.05) is 18.6 Å². The average Bonchev–Trinajstić information content (AvgIpc) is 3.35. The maximum absolute atomic E-state index is 13.4. The smallest absolute Gasteiger partial charge is 0.241 e. The fourth-order valence-corrected chi connectivity index (χ4v) is 5.63. The molecule has 0 radical (unpaired) electrons. The van der Waals surface area contributed by atoms with Crippen molar-refractivity contribution in [1.82, 2.24) is 10.0 Å². The number of amides is 2. The average molecular weight is 522 g/mol. The van der Waals surface area contributed by atoms with Crippen LogP contribution in [0.15, 0.2) is 77.7 Å². The number of fused-ring (bicyclic) bond motifs is 1. The lowest BCUT2D eigenvalue weighted by molar-refractivity contribution is -0.123. The number of nitrogens with one attached hydrogen (secondary N) is 2. The van der Waals surface area contributed by atoms with Crippen LogP contribution in [0.5, 0.6) is 5.75 Å². The number of hydrogen-bond donors (Lipinski definition) is 2. The maximum atomic E-state index is 13.4. The van der Waals surface area contributed by atoms with Crippen LogP contribution in [0.3, 0.4) is 0 Å². The number of nitrogens with zero attached hydrogens (tertiary/aromatic N) is 1. The Bertz CT molecular complexity index is 1380. The first kappa shape index (κ1) is 26.4. The third-order valence-electron chi connectivity index (χ3n) is 6.36. The van der Waals surface area contributed by atoms with Crippen molar-refractivity contribution in [3.8, 4) is 5.75 Å². The summed E-state index contributed by atoms with van der Waals surface area (Å²) in [5.74, 6) is 0.239. The van der Waals surface area contributed by atoms with Crippen molar-refractivity contribution in [2.45, 2.75) is 43.7 Å². The van der Waals surface area contributed by atoms with Crippen molar-refractivity contribution >= 4 is 27.5 Å². The van der Waals surface area contributed by atoms with Crippen LogP contribution < -0.4 is 19.7 Å². The largest absolute Gasteiger partial charge is 0.497 e. The van der Waals surface area contributed by atoms with E-state index in [1.807, 2.05) is 54.6 Å². The molecule has 0 aromatic heterocycles. The molecular formula is C28H31N3O5S. The number of carbonyl (C=O) groups is 2. The highest BCUT2D eigenvalue weighted by Gasteiger charge is 2.29. The summed E-state index contributed by atoms with van der Waals surface area (Å²) in [6.45, 7) is 2.56. The molecule has 0 unspecified atom stereocenters. The van der Waals surface area contributed by atoms with Crippen LogP contribution in [-0.4, -0.2) is 39.9 Å². The van der Waals surface area contributed by atoms with Gasteiger partial charge in [-0.25, -0.2) is 8.42 Å². The van der Waals surface area contributed by atoms with Gasteiger partial charge >= 0.3 is 0 Å².